The highest BCUT2D eigenvalue weighted by molar-refractivity contribution is 7.97. The molecule has 0 heterocycles. The van der Waals surface area contributed by atoms with Crippen molar-refractivity contribution in [3.05, 3.63) is 29.3 Å². The lowest BCUT2D eigenvalue weighted by Gasteiger charge is -2.04. The number of aromatic hydroxyl groups is 1. The molecule has 0 saturated heterocycles. The van der Waals surface area contributed by atoms with E-state index in [1.54, 1.807) is 23.9 Å². The van der Waals surface area contributed by atoms with Crippen LogP contribution < -0.4 is 0 Å². The first-order valence-corrected chi connectivity index (χ1v) is 5.47. The fourth-order valence-corrected chi connectivity index (χ4v) is 1.64. The first-order valence-electron chi connectivity index (χ1n) is 4.08. The van der Waals surface area contributed by atoms with Gasteiger partial charge in [-0.05, 0) is 18.4 Å². The second kappa shape index (κ2) is 4.91. The first-order chi connectivity index (χ1) is 6.69. The first kappa shape index (κ1) is 10.9. The number of rotatable bonds is 3. The summed E-state index contributed by atoms with van der Waals surface area (Å²) in [6, 6.07) is 4.81. The SMILES string of the molecule is COC(=O)c1ccc(CSC)c(O)c1. The standard InChI is InChI=1S/C10H12O3S/c1-13-10(12)7-3-4-8(6-14-2)9(11)5-7/h3-5,11H,6H2,1-2H3. The molecule has 14 heavy (non-hydrogen) atoms. The number of benzene rings is 1. The number of ether oxygens (including phenoxy) is 1. The zero-order valence-corrected chi connectivity index (χ0v) is 8.93. The average Bonchev–Trinajstić information content (AvgIpc) is 2.20. The Balaban J connectivity index is 2.94. The molecule has 1 rings (SSSR count). The van der Waals surface area contributed by atoms with Gasteiger partial charge in [0.25, 0.3) is 0 Å². The third-order valence-electron chi connectivity index (χ3n) is 1.81. The molecule has 1 N–H and O–H groups in total. The number of carbonyl (C=O) groups is 1. The van der Waals surface area contributed by atoms with Gasteiger partial charge in [0.2, 0.25) is 0 Å². The Bertz CT molecular complexity index is 336. The molecule has 1 aromatic carbocycles. The Hall–Kier alpha value is -1.16. The van der Waals surface area contributed by atoms with Crippen LogP contribution in [-0.4, -0.2) is 24.4 Å². The predicted molar refractivity (Wildman–Crippen MR) is 56.7 cm³/mol. The summed E-state index contributed by atoms with van der Waals surface area (Å²) < 4.78 is 4.54. The summed E-state index contributed by atoms with van der Waals surface area (Å²) in [5.74, 6) is 0.436. The summed E-state index contributed by atoms with van der Waals surface area (Å²) in [5.41, 5.74) is 1.19. The molecule has 0 unspecified atom stereocenters. The van der Waals surface area contributed by atoms with Crippen molar-refractivity contribution in [3.8, 4) is 5.75 Å². The molecule has 0 aliphatic carbocycles. The van der Waals surface area contributed by atoms with Gasteiger partial charge in [-0.15, -0.1) is 0 Å². The molecule has 0 aliphatic rings. The van der Waals surface area contributed by atoms with Crippen molar-refractivity contribution in [2.24, 2.45) is 0 Å². The second-order valence-corrected chi connectivity index (χ2v) is 3.63. The van der Waals surface area contributed by atoms with Crippen LogP contribution in [0.1, 0.15) is 15.9 Å². The zero-order valence-electron chi connectivity index (χ0n) is 8.11. The number of phenols is 1. The molecule has 3 nitrogen and oxygen atoms in total. The van der Waals surface area contributed by atoms with E-state index in [1.807, 2.05) is 6.26 Å². The van der Waals surface area contributed by atoms with E-state index in [0.29, 0.717) is 5.56 Å². The minimum Gasteiger partial charge on any atom is -0.508 e. The van der Waals surface area contributed by atoms with Crippen molar-refractivity contribution >= 4 is 17.7 Å². The van der Waals surface area contributed by atoms with Crippen molar-refractivity contribution in [1.82, 2.24) is 0 Å². The van der Waals surface area contributed by atoms with Crippen LogP contribution in [-0.2, 0) is 10.5 Å². The zero-order chi connectivity index (χ0) is 10.6. The van der Waals surface area contributed by atoms with Gasteiger partial charge in [-0.3, -0.25) is 0 Å². The van der Waals surface area contributed by atoms with E-state index in [4.69, 9.17) is 0 Å². The van der Waals surface area contributed by atoms with Crippen LogP contribution in [0.2, 0.25) is 0 Å². The third kappa shape index (κ3) is 2.42. The Morgan fingerprint density at radius 3 is 2.79 bits per heavy atom. The maximum absolute atomic E-state index is 11.1. The summed E-state index contributed by atoms with van der Waals surface area (Å²) in [5, 5.41) is 9.55. The van der Waals surface area contributed by atoms with E-state index < -0.39 is 5.97 Å². The molecule has 0 saturated carbocycles. The molecule has 0 bridgehead atoms. The van der Waals surface area contributed by atoms with E-state index >= 15 is 0 Å². The van der Waals surface area contributed by atoms with Gasteiger partial charge in [0.15, 0.2) is 0 Å². The van der Waals surface area contributed by atoms with E-state index in [9.17, 15) is 9.90 Å². The summed E-state index contributed by atoms with van der Waals surface area (Å²) in [6.45, 7) is 0. The lowest BCUT2D eigenvalue weighted by Crippen LogP contribution is -2.00. The molecule has 0 fully saturated rings. The molecule has 0 amide bonds. The van der Waals surface area contributed by atoms with Crippen molar-refractivity contribution in [1.29, 1.82) is 0 Å². The summed E-state index contributed by atoms with van der Waals surface area (Å²) in [6.07, 6.45) is 1.95. The predicted octanol–water partition coefficient (Wildman–Crippen LogP) is 2.04. The molecule has 0 aliphatic heterocycles. The Morgan fingerprint density at radius 2 is 2.29 bits per heavy atom. The second-order valence-electron chi connectivity index (χ2n) is 2.77. The topological polar surface area (TPSA) is 46.5 Å². The van der Waals surface area contributed by atoms with Crippen molar-refractivity contribution in [2.75, 3.05) is 13.4 Å². The van der Waals surface area contributed by atoms with Crippen LogP contribution in [0.25, 0.3) is 0 Å². The smallest absolute Gasteiger partial charge is 0.337 e. The van der Waals surface area contributed by atoms with Crippen LogP contribution in [0, 0.1) is 0 Å². The Morgan fingerprint density at radius 1 is 1.57 bits per heavy atom. The lowest BCUT2D eigenvalue weighted by atomic mass is 10.1. The normalized spacial score (nSPS) is 9.86. The number of hydrogen-bond donors (Lipinski definition) is 1. The fraction of sp³-hybridized carbons (Fsp3) is 0.300. The number of esters is 1. The highest BCUT2D eigenvalue weighted by Crippen LogP contribution is 2.22. The Labute approximate surface area is 87.1 Å². The maximum atomic E-state index is 11.1. The molecule has 0 atom stereocenters. The van der Waals surface area contributed by atoms with Crippen LogP contribution in [0.4, 0.5) is 0 Å². The van der Waals surface area contributed by atoms with Gasteiger partial charge in [-0.2, -0.15) is 11.8 Å². The highest BCUT2D eigenvalue weighted by Gasteiger charge is 2.08. The number of methoxy groups -OCH3 is 1. The fourth-order valence-electron chi connectivity index (χ4n) is 1.09. The number of hydrogen-bond acceptors (Lipinski definition) is 4. The van der Waals surface area contributed by atoms with Crippen LogP contribution in [0.3, 0.4) is 0 Å². The minimum atomic E-state index is -0.434. The van der Waals surface area contributed by atoms with Gasteiger partial charge < -0.3 is 9.84 Å². The molecule has 1 aromatic rings. The van der Waals surface area contributed by atoms with E-state index in [0.717, 1.165) is 11.3 Å². The quantitative estimate of drug-likeness (QED) is 0.779. The van der Waals surface area contributed by atoms with Gasteiger partial charge in [0.1, 0.15) is 5.75 Å². The number of thioether (sulfide) groups is 1. The van der Waals surface area contributed by atoms with Crippen LogP contribution >= 0.6 is 11.8 Å². The van der Waals surface area contributed by atoms with Gasteiger partial charge in [-0.1, -0.05) is 6.07 Å². The number of carbonyl (C=O) groups excluding carboxylic acids is 1. The van der Waals surface area contributed by atoms with Crippen LogP contribution in [0.15, 0.2) is 18.2 Å². The van der Waals surface area contributed by atoms with Crippen molar-refractivity contribution in [3.63, 3.8) is 0 Å². The van der Waals surface area contributed by atoms with Gasteiger partial charge in [-0.25, -0.2) is 4.79 Å². The summed E-state index contributed by atoms with van der Waals surface area (Å²) in [7, 11) is 1.31. The Kier molecular flexibility index (Phi) is 3.83. The van der Waals surface area contributed by atoms with E-state index in [1.165, 1.54) is 13.2 Å². The van der Waals surface area contributed by atoms with Gasteiger partial charge in [0, 0.05) is 11.3 Å². The van der Waals surface area contributed by atoms with Crippen molar-refractivity contribution < 1.29 is 14.6 Å². The number of phenolic OH excluding ortho intramolecular Hbond substituents is 1. The molecule has 76 valence electrons. The molecular formula is C10H12O3S. The molecule has 4 heteroatoms. The third-order valence-corrected chi connectivity index (χ3v) is 2.41. The van der Waals surface area contributed by atoms with E-state index in [-0.39, 0.29) is 5.75 Å². The van der Waals surface area contributed by atoms with Gasteiger partial charge >= 0.3 is 5.97 Å². The molecular weight excluding hydrogens is 200 g/mol. The monoisotopic (exact) mass is 212 g/mol. The largest absolute Gasteiger partial charge is 0.508 e. The molecule has 0 radical (unpaired) electrons. The van der Waals surface area contributed by atoms with Gasteiger partial charge in [0.05, 0.1) is 12.7 Å². The molecule has 0 aromatic heterocycles. The average molecular weight is 212 g/mol. The lowest BCUT2D eigenvalue weighted by molar-refractivity contribution is 0.0600. The van der Waals surface area contributed by atoms with Crippen LogP contribution in [0.5, 0.6) is 5.75 Å². The summed E-state index contributed by atoms with van der Waals surface area (Å²) in [4.78, 5) is 11.1. The highest BCUT2D eigenvalue weighted by atomic mass is 32.2. The van der Waals surface area contributed by atoms with E-state index in [2.05, 4.69) is 4.74 Å². The van der Waals surface area contributed by atoms with Crippen molar-refractivity contribution in [2.45, 2.75) is 5.75 Å². The maximum Gasteiger partial charge on any atom is 0.337 e. The molecule has 0 spiro atoms. The minimum absolute atomic E-state index is 0.141. The summed E-state index contributed by atoms with van der Waals surface area (Å²) >= 11 is 1.61.